The first-order chi connectivity index (χ1) is 9.08. The monoisotopic (exact) mass is 314 g/mol. The lowest BCUT2D eigenvalue weighted by Gasteiger charge is -2.07. The summed E-state index contributed by atoms with van der Waals surface area (Å²) in [6, 6.07) is 11.8. The Kier molecular flexibility index (Phi) is 4.70. The topological polar surface area (TPSA) is 26.3 Å². The lowest BCUT2D eigenvalue weighted by atomic mass is 10.2. The molecule has 98 valence electrons. The zero-order valence-corrected chi connectivity index (χ0v) is 12.0. The second kappa shape index (κ2) is 6.29. The van der Waals surface area contributed by atoms with Gasteiger partial charge >= 0.3 is 5.97 Å². The molecule has 0 amide bonds. The summed E-state index contributed by atoms with van der Waals surface area (Å²) in [4.78, 5) is 11.8. The van der Waals surface area contributed by atoms with Crippen molar-refractivity contribution in [2.45, 2.75) is 6.61 Å². The van der Waals surface area contributed by atoms with Crippen LogP contribution in [0.3, 0.4) is 0 Å². The van der Waals surface area contributed by atoms with Gasteiger partial charge in [-0.05, 0) is 24.3 Å². The van der Waals surface area contributed by atoms with Gasteiger partial charge in [0.15, 0.2) is 0 Å². The first-order valence-electron chi connectivity index (χ1n) is 5.43. The van der Waals surface area contributed by atoms with Gasteiger partial charge in [-0.3, -0.25) is 0 Å². The lowest BCUT2D eigenvalue weighted by molar-refractivity contribution is 0.0473. The van der Waals surface area contributed by atoms with E-state index in [1.54, 1.807) is 24.3 Å². The Morgan fingerprint density at radius 3 is 2.37 bits per heavy atom. The minimum atomic E-state index is -0.474. The molecule has 2 aromatic carbocycles. The smallest absolute Gasteiger partial charge is 0.338 e. The Morgan fingerprint density at radius 2 is 1.68 bits per heavy atom. The summed E-state index contributed by atoms with van der Waals surface area (Å²) in [5.41, 5.74) is 1.10. The van der Waals surface area contributed by atoms with E-state index in [0.29, 0.717) is 20.6 Å². The number of halogens is 3. The van der Waals surface area contributed by atoms with Crippen LogP contribution < -0.4 is 0 Å². The van der Waals surface area contributed by atoms with Crippen LogP contribution in [0.4, 0.5) is 0 Å². The van der Waals surface area contributed by atoms with Crippen molar-refractivity contribution in [2.24, 2.45) is 0 Å². The first-order valence-corrected chi connectivity index (χ1v) is 6.57. The molecule has 0 fully saturated rings. The molecule has 2 aromatic rings. The number of esters is 1. The maximum atomic E-state index is 11.8. The molecule has 5 heteroatoms. The van der Waals surface area contributed by atoms with Crippen LogP contribution in [0.15, 0.2) is 42.5 Å². The molecule has 2 rings (SSSR count). The Bertz CT molecular complexity index is 611. The lowest BCUT2D eigenvalue weighted by Crippen LogP contribution is -2.05. The fraction of sp³-hybridized carbons (Fsp3) is 0.0714. The van der Waals surface area contributed by atoms with Crippen molar-refractivity contribution >= 4 is 40.8 Å². The standard InChI is InChI=1S/C14H9Cl3O2/c15-11-4-2-1-3-10(11)8-19-14(18)9-5-6-12(16)13(17)7-9/h1-7H,8H2. The molecule has 0 saturated carbocycles. The highest BCUT2D eigenvalue weighted by atomic mass is 35.5. The van der Waals surface area contributed by atoms with E-state index in [0.717, 1.165) is 5.56 Å². The molecule has 0 N–H and O–H groups in total. The van der Waals surface area contributed by atoms with E-state index in [9.17, 15) is 4.79 Å². The van der Waals surface area contributed by atoms with E-state index in [4.69, 9.17) is 39.5 Å². The van der Waals surface area contributed by atoms with Crippen LogP contribution in [0.1, 0.15) is 15.9 Å². The highest BCUT2D eigenvalue weighted by molar-refractivity contribution is 6.42. The molecule has 0 spiro atoms. The Balaban J connectivity index is 2.05. The molecule has 0 unspecified atom stereocenters. The Hall–Kier alpha value is -1.22. The normalized spacial score (nSPS) is 10.3. The van der Waals surface area contributed by atoms with E-state index >= 15 is 0 Å². The number of carbonyl (C=O) groups is 1. The minimum absolute atomic E-state index is 0.110. The second-order valence-corrected chi connectivity index (χ2v) is 5.02. The van der Waals surface area contributed by atoms with Gasteiger partial charge in [0.1, 0.15) is 6.61 Å². The highest BCUT2D eigenvalue weighted by Gasteiger charge is 2.10. The van der Waals surface area contributed by atoms with Crippen molar-refractivity contribution in [3.05, 3.63) is 68.7 Å². The number of carbonyl (C=O) groups excluding carboxylic acids is 1. The fourth-order valence-electron chi connectivity index (χ4n) is 1.47. The summed E-state index contributed by atoms with van der Waals surface area (Å²) >= 11 is 17.6. The highest BCUT2D eigenvalue weighted by Crippen LogP contribution is 2.23. The summed E-state index contributed by atoms with van der Waals surface area (Å²) in [6.07, 6.45) is 0. The minimum Gasteiger partial charge on any atom is -0.457 e. The average molecular weight is 316 g/mol. The zero-order chi connectivity index (χ0) is 13.8. The molecular weight excluding hydrogens is 307 g/mol. The van der Waals surface area contributed by atoms with Crippen LogP contribution in [-0.4, -0.2) is 5.97 Å². The molecular formula is C14H9Cl3O2. The van der Waals surface area contributed by atoms with Gasteiger partial charge in [0.2, 0.25) is 0 Å². The second-order valence-electron chi connectivity index (χ2n) is 3.80. The molecule has 0 saturated heterocycles. The summed E-state index contributed by atoms with van der Waals surface area (Å²) in [7, 11) is 0. The summed E-state index contributed by atoms with van der Waals surface area (Å²) in [5, 5.41) is 1.27. The van der Waals surface area contributed by atoms with Crippen LogP contribution in [0.5, 0.6) is 0 Å². The van der Waals surface area contributed by atoms with Crippen molar-refractivity contribution in [2.75, 3.05) is 0 Å². The average Bonchev–Trinajstić information content (AvgIpc) is 2.40. The number of rotatable bonds is 3. The maximum Gasteiger partial charge on any atom is 0.338 e. The van der Waals surface area contributed by atoms with Crippen LogP contribution in [0.2, 0.25) is 15.1 Å². The van der Waals surface area contributed by atoms with E-state index in [1.165, 1.54) is 6.07 Å². The van der Waals surface area contributed by atoms with Crippen molar-refractivity contribution in [1.82, 2.24) is 0 Å². The molecule has 2 nitrogen and oxygen atoms in total. The number of hydrogen-bond donors (Lipinski definition) is 0. The third-order valence-electron chi connectivity index (χ3n) is 2.47. The molecule has 0 aromatic heterocycles. The number of hydrogen-bond acceptors (Lipinski definition) is 2. The van der Waals surface area contributed by atoms with Gasteiger partial charge < -0.3 is 4.74 Å². The van der Waals surface area contributed by atoms with Crippen LogP contribution in [-0.2, 0) is 11.3 Å². The van der Waals surface area contributed by atoms with Gasteiger partial charge in [0.25, 0.3) is 0 Å². The molecule has 0 atom stereocenters. The third kappa shape index (κ3) is 3.63. The summed E-state index contributed by atoms with van der Waals surface area (Å²) in [6.45, 7) is 0.110. The van der Waals surface area contributed by atoms with E-state index in [-0.39, 0.29) is 6.61 Å². The number of ether oxygens (including phenoxy) is 1. The van der Waals surface area contributed by atoms with Gasteiger partial charge in [-0.15, -0.1) is 0 Å². The largest absolute Gasteiger partial charge is 0.457 e. The van der Waals surface area contributed by atoms with Gasteiger partial charge in [-0.2, -0.15) is 0 Å². The van der Waals surface area contributed by atoms with E-state index in [2.05, 4.69) is 0 Å². The van der Waals surface area contributed by atoms with Crippen molar-refractivity contribution < 1.29 is 9.53 Å². The summed E-state index contributed by atoms with van der Waals surface area (Å²) < 4.78 is 5.16. The molecule has 0 heterocycles. The Labute approximate surface area is 125 Å². The van der Waals surface area contributed by atoms with Gasteiger partial charge in [-0.25, -0.2) is 4.79 Å². The predicted molar refractivity (Wildman–Crippen MR) is 77.0 cm³/mol. The maximum absolute atomic E-state index is 11.8. The van der Waals surface area contributed by atoms with Crippen molar-refractivity contribution in [3.8, 4) is 0 Å². The number of benzene rings is 2. The third-order valence-corrected chi connectivity index (χ3v) is 3.58. The van der Waals surface area contributed by atoms with Crippen molar-refractivity contribution in [3.63, 3.8) is 0 Å². The van der Waals surface area contributed by atoms with Gasteiger partial charge in [0.05, 0.1) is 15.6 Å². The van der Waals surface area contributed by atoms with Gasteiger partial charge in [-0.1, -0.05) is 53.0 Å². The summed E-state index contributed by atoms with van der Waals surface area (Å²) in [5.74, 6) is -0.474. The Morgan fingerprint density at radius 1 is 0.947 bits per heavy atom. The molecule has 19 heavy (non-hydrogen) atoms. The molecule has 0 radical (unpaired) electrons. The van der Waals surface area contributed by atoms with E-state index in [1.807, 2.05) is 12.1 Å². The van der Waals surface area contributed by atoms with Crippen LogP contribution in [0.25, 0.3) is 0 Å². The SMILES string of the molecule is O=C(OCc1ccccc1Cl)c1ccc(Cl)c(Cl)c1. The quantitative estimate of drug-likeness (QED) is 0.745. The fourth-order valence-corrected chi connectivity index (χ4v) is 1.95. The molecule has 0 aliphatic heterocycles. The van der Waals surface area contributed by atoms with E-state index < -0.39 is 5.97 Å². The van der Waals surface area contributed by atoms with Crippen LogP contribution in [0, 0.1) is 0 Å². The zero-order valence-electron chi connectivity index (χ0n) is 9.70. The molecule has 0 aliphatic rings. The molecule has 0 aliphatic carbocycles. The van der Waals surface area contributed by atoms with Gasteiger partial charge in [0, 0.05) is 10.6 Å². The predicted octanol–water partition coefficient (Wildman–Crippen LogP) is 5.00. The first kappa shape index (κ1) is 14.2. The molecule has 0 bridgehead atoms. The van der Waals surface area contributed by atoms with Crippen molar-refractivity contribution in [1.29, 1.82) is 0 Å². The van der Waals surface area contributed by atoms with Crippen LogP contribution >= 0.6 is 34.8 Å².